The monoisotopic (exact) mass is 210 g/mol. The first kappa shape index (κ1) is 10.9. The predicted octanol–water partition coefficient (Wildman–Crippen LogP) is 1.43. The smallest absolute Gasteiger partial charge is 0.237 e. The van der Waals surface area contributed by atoms with Gasteiger partial charge in [0.2, 0.25) is 5.91 Å². The van der Waals surface area contributed by atoms with E-state index in [9.17, 15) is 4.79 Å². The lowest BCUT2D eigenvalue weighted by molar-refractivity contribution is -0.124. The zero-order chi connectivity index (χ0) is 10.7. The number of hydrogen-bond donors (Lipinski definition) is 2. The first-order chi connectivity index (χ1) is 7.27. The van der Waals surface area contributed by atoms with Crippen molar-refractivity contribution in [2.75, 3.05) is 6.54 Å². The summed E-state index contributed by atoms with van der Waals surface area (Å²) in [4.78, 5) is 11.9. The lowest BCUT2D eigenvalue weighted by atomic mass is 10.0. The van der Waals surface area contributed by atoms with Crippen molar-refractivity contribution in [3.05, 3.63) is 0 Å². The maximum atomic E-state index is 11.9. The Balaban J connectivity index is 1.80. The fraction of sp³-hybridized carbons (Fsp3) is 0.917. The molecule has 2 N–H and O–H groups in total. The molecule has 15 heavy (non-hydrogen) atoms. The van der Waals surface area contributed by atoms with E-state index in [1.54, 1.807) is 0 Å². The summed E-state index contributed by atoms with van der Waals surface area (Å²) in [5.41, 5.74) is 0. The maximum absolute atomic E-state index is 11.9. The Hall–Kier alpha value is -0.570. The van der Waals surface area contributed by atoms with E-state index in [4.69, 9.17) is 0 Å². The van der Waals surface area contributed by atoms with Gasteiger partial charge in [0, 0.05) is 6.04 Å². The molecule has 3 atom stereocenters. The molecule has 3 nitrogen and oxygen atoms in total. The van der Waals surface area contributed by atoms with Crippen LogP contribution in [-0.2, 0) is 4.79 Å². The summed E-state index contributed by atoms with van der Waals surface area (Å²) in [5.74, 6) is 0.894. The Morgan fingerprint density at radius 2 is 2.07 bits per heavy atom. The summed E-state index contributed by atoms with van der Waals surface area (Å²) in [6, 6.07) is 0.507. The number of carbonyl (C=O) groups excluding carboxylic acids is 1. The highest BCUT2D eigenvalue weighted by molar-refractivity contribution is 5.82. The van der Waals surface area contributed by atoms with E-state index in [0.717, 1.165) is 13.0 Å². The Kier molecular flexibility index (Phi) is 3.62. The van der Waals surface area contributed by atoms with E-state index in [1.165, 1.54) is 32.1 Å². The van der Waals surface area contributed by atoms with Crippen LogP contribution in [0.3, 0.4) is 0 Å². The molecule has 0 aromatic carbocycles. The topological polar surface area (TPSA) is 41.1 Å². The van der Waals surface area contributed by atoms with Gasteiger partial charge in [0.15, 0.2) is 0 Å². The van der Waals surface area contributed by atoms with Crippen LogP contribution in [-0.4, -0.2) is 24.5 Å². The first-order valence-electron chi connectivity index (χ1n) is 6.31. The van der Waals surface area contributed by atoms with E-state index in [2.05, 4.69) is 17.6 Å². The minimum Gasteiger partial charge on any atom is -0.352 e. The van der Waals surface area contributed by atoms with Crippen LogP contribution in [0, 0.1) is 5.92 Å². The third-order valence-corrected chi connectivity index (χ3v) is 3.82. The number of carbonyl (C=O) groups is 1. The summed E-state index contributed by atoms with van der Waals surface area (Å²) in [6.45, 7) is 3.24. The average molecular weight is 210 g/mol. The summed E-state index contributed by atoms with van der Waals surface area (Å²) in [7, 11) is 0. The van der Waals surface area contributed by atoms with Crippen LogP contribution in [0.25, 0.3) is 0 Å². The van der Waals surface area contributed by atoms with Crippen LogP contribution in [0.4, 0.5) is 0 Å². The number of amides is 1. The molecule has 3 heteroatoms. The molecule has 86 valence electrons. The highest BCUT2D eigenvalue weighted by atomic mass is 16.2. The van der Waals surface area contributed by atoms with Crippen LogP contribution in [0.1, 0.15) is 45.4 Å². The van der Waals surface area contributed by atoms with E-state index in [-0.39, 0.29) is 11.9 Å². The van der Waals surface area contributed by atoms with Crippen LogP contribution in [0.2, 0.25) is 0 Å². The molecule has 1 amide bonds. The quantitative estimate of drug-likeness (QED) is 0.724. The van der Waals surface area contributed by atoms with E-state index in [0.29, 0.717) is 12.0 Å². The average Bonchev–Trinajstić information content (AvgIpc) is 2.66. The van der Waals surface area contributed by atoms with Gasteiger partial charge in [-0.3, -0.25) is 4.79 Å². The van der Waals surface area contributed by atoms with Crippen molar-refractivity contribution in [2.24, 2.45) is 5.92 Å². The molecule has 1 saturated carbocycles. The largest absolute Gasteiger partial charge is 0.352 e. The van der Waals surface area contributed by atoms with Gasteiger partial charge in [-0.05, 0) is 38.1 Å². The molecule has 0 aromatic heterocycles. The van der Waals surface area contributed by atoms with Gasteiger partial charge in [0.1, 0.15) is 0 Å². The van der Waals surface area contributed by atoms with Crippen molar-refractivity contribution < 1.29 is 4.79 Å². The normalized spacial score (nSPS) is 36.5. The lowest BCUT2D eigenvalue weighted by Crippen LogP contribution is -2.50. The van der Waals surface area contributed by atoms with Gasteiger partial charge in [-0.15, -0.1) is 0 Å². The molecule has 1 aliphatic heterocycles. The van der Waals surface area contributed by atoms with Gasteiger partial charge in [-0.1, -0.05) is 19.8 Å². The molecule has 1 saturated heterocycles. The van der Waals surface area contributed by atoms with Gasteiger partial charge in [0.05, 0.1) is 6.04 Å². The fourth-order valence-corrected chi connectivity index (χ4v) is 2.72. The molecule has 2 fully saturated rings. The second-order valence-corrected chi connectivity index (χ2v) is 5.03. The molecule has 2 rings (SSSR count). The summed E-state index contributed by atoms with van der Waals surface area (Å²) < 4.78 is 0. The summed E-state index contributed by atoms with van der Waals surface area (Å²) in [6.07, 6.45) is 7.11. The highest BCUT2D eigenvalue weighted by Crippen LogP contribution is 2.25. The SMILES string of the molecule is CC1CCCC1NC(=O)[C@@H]1CCCCN1. The number of piperidine rings is 1. The second kappa shape index (κ2) is 4.97. The van der Waals surface area contributed by atoms with Gasteiger partial charge >= 0.3 is 0 Å². The molecule has 2 unspecified atom stereocenters. The molecule has 0 spiro atoms. The number of nitrogens with one attached hydrogen (secondary N) is 2. The molecule has 0 aromatic rings. The van der Waals surface area contributed by atoms with Crippen LogP contribution in [0.15, 0.2) is 0 Å². The molecular weight excluding hydrogens is 188 g/mol. The Morgan fingerprint density at radius 3 is 2.67 bits per heavy atom. The number of rotatable bonds is 2. The van der Waals surface area contributed by atoms with Crippen LogP contribution >= 0.6 is 0 Å². The van der Waals surface area contributed by atoms with Crippen molar-refractivity contribution in [2.45, 2.75) is 57.5 Å². The Morgan fingerprint density at radius 1 is 1.20 bits per heavy atom. The molecule has 1 aliphatic carbocycles. The minimum absolute atomic E-state index is 0.0755. The van der Waals surface area contributed by atoms with Gasteiger partial charge in [0.25, 0.3) is 0 Å². The van der Waals surface area contributed by atoms with Gasteiger partial charge in [-0.25, -0.2) is 0 Å². The Bertz CT molecular complexity index is 224. The van der Waals surface area contributed by atoms with E-state index >= 15 is 0 Å². The third kappa shape index (κ3) is 2.71. The van der Waals surface area contributed by atoms with E-state index in [1.807, 2.05) is 0 Å². The Labute approximate surface area is 92.0 Å². The molecule has 0 radical (unpaired) electrons. The van der Waals surface area contributed by atoms with Gasteiger partial charge in [-0.2, -0.15) is 0 Å². The van der Waals surface area contributed by atoms with Crippen molar-refractivity contribution >= 4 is 5.91 Å². The van der Waals surface area contributed by atoms with Crippen molar-refractivity contribution in [3.8, 4) is 0 Å². The number of hydrogen-bond acceptors (Lipinski definition) is 2. The maximum Gasteiger partial charge on any atom is 0.237 e. The van der Waals surface area contributed by atoms with Crippen molar-refractivity contribution in [1.29, 1.82) is 0 Å². The summed E-state index contributed by atoms with van der Waals surface area (Å²) >= 11 is 0. The molecule has 1 heterocycles. The van der Waals surface area contributed by atoms with Crippen molar-refractivity contribution in [3.63, 3.8) is 0 Å². The van der Waals surface area contributed by atoms with Crippen LogP contribution in [0.5, 0.6) is 0 Å². The predicted molar refractivity (Wildman–Crippen MR) is 60.6 cm³/mol. The third-order valence-electron chi connectivity index (χ3n) is 3.82. The molecule has 2 aliphatic rings. The fourth-order valence-electron chi connectivity index (χ4n) is 2.72. The molecular formula is C12H22N2O. The van der Waals surface area contributed by atoms with Gasteiger partial charge < -0.3 is 10.6 Å². The van der Waals surface area contributed by atoms with Crippen LogP contribution < -0.4 is 10.6 Å². The summed E-state index contributed by atoms with van der Waals surface area (Å²) in [5, 5.41) is 6.49. The second-order valence-electron chi connectivity index (χ2n) is 5.03. The van der Waals surface area contributed by atoms with E-state index < -0.39 is 0 Å². The first-order valence-corrected chi connectivity index (χ1v) is 6.31. The minimum atomic E-state index is 0.0755. The lowest BCUT2D eigenvalue weighted by Gasteiger charge is -2.25. The highest BCUT2D eigenvalue weighted by Gasteiger charge is 2.28. The van der Waals surface area contributed by atoms with Crippen molar-refractivity contribution in [1.82, 2.24) is 10.6 Å². The zero-order valence-corrected chi connectivity index (χ0v) is 9.59. The zero-order valence-electron chi connectivity index (χ0n) is 9.59. The molecule has 0 bridgehead atoms. The standard InChI is InChI=1S/C12H22N2O/c1-9-5-4-7-10(9)14-12(15)11-6-2-3-8-13-11/h9-11,13H,2-8H2,1H3,(H,14,15)/t9?,10?,11-/m0/s1.